The minimum absolute atomic E-state index is 0.0200. The molecule has 0 aliphatic rings. The minimum atomic E-state index is -0.399. The van der Waals surface area contributed by atoms with Crippen molar-refractivity contribution >= 4 is 64.0 Å². The van der Waals surface area contributed by atoms with E-state index in [2.05, 4.69) is 10.6 Å². The molecule has 2 rings (SSSR count). The van der Waals surface area contributed by atoms with E-state index in [9.17, 15) is 9.59 Å². The molecule has 4 nitrogen and oxygen atoms in total. The number of ketones is 1. The molecule has 2 aromatic rings. The van der Waals surface area contributed by atoms with Gasteiger partial charge in [0.1, 0.15) is 0 Å². The first kappa shape index (κ1) is 19.1. The van der Waals surface area contributed by atoms with Crippen LogP contribution in [-0.2, 0) is 4.79 Å². The molecule has 2 N–H and O–H groups in total. The maximum Gasteiger partial charge on any atom is 0.250 e. The first-order valence-electron chi connectivity index (χ1n) is 7.21. The summed E-state index contributed by atoms with van der Waals surface area (Å²) in [4.78, 5) is 23.1. The number of nitrogens with one attached hydrogen (secondary N) is 2. The largest absolute Gasteiger partial charge is 0.332 e. The van der Waals surface area contributed by atoms with Crippen LogP contribution >= 0.6 is 35.4 Å². The zero-order valence-electron chi connectivity index (χ0n) is 13.2. The summed E-state index contributed by atoms with van der Waals surface area (Å²) in [6, 6.07) is 11.8. The molecule has 0 aromatic heterocycles. The average molecular weight is 393 g/mol. The third-order valence-electron chi connectivity index (χ3n) is 3.16. The van der Waals surface area contributed by atoms with Crippen LogP contribution in [0.1, 0.15) is 22.8 Å². The second-order valence-electron chi connectivity index (χ2n) is 5.08. The Morgan fingerprint density at radius 1 is 1.08 bits per heavy atom. The van der Waals surface area contributed by atoms with Gasteiger partial charge in [0, 0.05) is 27.4 Å². The number of carbonyl (C=O) groups is 2. The Morgan fingerprint density at radius 2 is 1.76 bits per heavy atom. The Balaban J connectivity index is 1.92. The number of benzene rings is 2. The van der Waals surface area contributed by atoms with Crippen molar-refractivity contribution in [2.75, 3.05) is 5.32 Å². The first-order valence-corrected chi connectivity index (χ1v) is 8.37. The van der Waals surface area contributed by atoms with Gasteiger partial charge in [-0.2, -0.15) is 0 Å². The fourth-order valence-electron chi connectivity index (χ4n) is 1.91. The molecule has 0 atom stereocenters. The number of carbonyl (C=O) groups excluding carboxylic acids is 2. The van der Waals surface area contributed by atoms with E-state index in [1.165, 1.54) is 13.0 Å². The molecule has 0 fully saturated rings. The van der Waals surface area contributed by atoms with Gasteiger partial charge < -0.3 is 5.32 Å². The number of amides is 1. The molecule has 0 radical (unpaired) electrons. The molecule has 7 heteroatoms. The highest BCUT2D eigenvalue weighted by molar-refractivity contribution is 7.80. The third-order valence-corrected chi connectivity index (χ3v) is 3.93. The van der Waals surface area contributed by atoms with E-state index in [1.807, 2.05) is 0 Å². The van der Waals surface area contributed by atoms with Gasteiger partial charge in [-0.3, -0.25) is 14.9 Å². The summed E-state index contributed by atoms with van der Waals surface area (Å²) in [5.74, 6) is -0.419. The van der Waals surface area contributed by atoms with Crippen LogP contribution in [0.3, 0.4) is 0 Å². The molecule has 128 valence electrons. The number of anilines is 1. The summed E-state index contributed by atoms with van der Waals surface area (Å²) < 4.78 is 0. The predicted molar refractivity (Wildman–Crippen MR) is 106 cm³/mol. The maximum absolute atomic E-state index is 11.9. The van der Waals surface area contributed by atoms with Crippen LogP contribution in [0.4, 0.5) is 5.69 Å². The minimum Gasteiger partial charge on any atom is -0.332 e. The van der Waals surface area contributed by atoms with Crippen molar-refractivity contribution in [2.45, 2.75) is 6.92 Å². The van der Waals surface area contributed by atoms with Crippen LogP contribution in [0, 0.1) is 0 Å². The Labute approximate surface area is 160 Å². The molecule has 0 saturated heterocycles. The average Bonchev–Trinajstić information content (AvgIpc) is 2.54. The Morgan fingerprint density at radius 3 is 2.36 bits per heavy atom. The molecule has 25 heavy (non-hydrogen) atoms. The van der Waals surface area contributed by atoms with Gasteiger partial charge in [-0.25, -0.2) is 0 Å². The number of thiocarbonyl (C=S) groups is 1. The van der Waals surface area contributed by atoms with Gasteiger partial charge >= 0.3 is 0 Å². The highest BCUT2D eigenvalue weighted by Gasteiger charge is 2.04. The lowest BCUT2D eigenvalue weighted by atomic mass is 10.1. The van der Waals surface area contributed by atoms with Gasteiger partial charge in [0.25, 0.3) is 0 Å². The summed E-state index contributed by atoms with van der Waals surface area (Å²) in [5.41, 5.74) is 1.93. The van der Waals surface area contributed by atoms with Crippen molar-refractivity contribution in [3.8, 4) is 0 Å². The van der Waals surface area contributed by atoms with E-state index in [0.717, 1.165) is 0 Å². The zero-order valence-corrected chi connectivity index (χ0v) is 15.5. The maximum atomic E-state index is 11.9. The summed E-state index contributed by atoms with van der Waals surface area (Å²) in [6.07, 6.45) is 2.89. The van der Waals surface area contributed by atoms with E-state index >= 15 is 0 Å². The van der Waals surface area contributed by atoms with Gasteiger partial charge in [-0.1, -0.05) is 29.3 Å². The van der Waals surface area contributed by atoms with Gasteiger partial charge in [0.05, 0.1) is 0 Å². The smallest absolute Gasteiger partial charge is 0.250 e. The van der Waals surface area contributed by atoms with E-state index in [-0.39, 0.29) is 10.9 Å². The van der Waals surface area contributed by atoms with Crippen LogP contribution in [0.2, 0.25) is 10.0 Å². The Kier molecular flexibility index (Phi) is 6.70. The molecule has 0 aliphatic carbocycles. The van der Waals surface area contributed by atoms with Crippen LogP contribution in [0.5, 0.6) is 0 Å². The normalized spacial score (nSPS) is 10.5. The molecule has 0 aliphatic heterocycles. The van der Waals surface area contributed by atoms with Gasteiger partial charge in [-0.05, 0) is 67.2 Å². The van der Waals surface area contributed by atoms with Crippen molar-refractivity contribution < 1.29 is 9.59 Å². The molecule has 1 amide bonds. The molecule has 0 unspecified atom stereocenters. The lowest BCUT2D eigenvalue weighted by Crippen LogP contribution is -2.32. The fraction of sp³-hybridized carbons (Fsp3) is 0.0556. The number of hydrogen-bond acceptors (Lipinski definition) is 3. The highest BCUT2D eigenvalue weighted by atomic mass is 35.5. The highest BCUT2D eigenvalue weighted by Crippen LogP contribution is 2.21. The number of halogens is 2. The SMILES string of the molecule is CC(=O)c1ccc(NC(=S)NC(=O)/C=C/c2ccc(Cl)cc2Cl)cc1. The van der Waals surface area contributed by atoms with Crippen LogP contribution in [-0.4, -0.2) is 16.8 Å². The first-order chi connectivity index (χ1) is 11.8. The van der Waals surface area contributed by atoms with E-state index in [1.54, 1.807) is 48.5 Å². The number of rotatable bonds is 4. The number of Topliss-reactive ketones (excluding diaryl/α,β-unsaturated/α-hetero) is 1. The fourth-order valence-corrected chi connectivity index (χ4v) is 2.60. The van der Waals surface area contributed by atoms with Gasteiger partial charge in [0.15, 0.2) is 10.9 Å². The monoisotopic (exact) mass is 392 g/mol. The van der Waals surface area contributed by atoms with Gasteiger partial charge in [-0.15, -0.1) is 0 Å². The number of hydrogen-bond donors (Lipinski definition) is 2. The third kappa shape index (κ3) is 5.98. The van der Waals surface area contributed by atoms with Crippen LogP contribution < -0.4 is 10.6 Å². The van der Waals surface area contributed by atoms with E-state index in [0.29, 0.717) is 26.9 Å². The zero-order chi connectivity index (χ0) is 18.4. The van der Waals surface area contributed by atoms with E-state index < -0.39 is 5.91 Å². The quantitative estimate of drug-likeness (QED) is 0.448. The summed E-state index contributed by atoms with van der Waals surface area (Å²) in [5, 5.41) is 6.51. The lowest BCUT2D eigenvalue weighted by molar-refractivity contribution is -0.115. The molecule has 2 aromatic carbocycles. The van der Waals surface area contributed by atoms with Gasteiger partial charge in [0.2, 0.25) is 5.91 Å². The lowest BCUT2D eigenvalue weighted by Gasteiger charge is -2.08. The van der Waals surface area contributed by atoms with Crippen molar-refractivity contribution in [2.24, 2.45) is 0 Å². The standard InChI is InChI=1S/C18H14Cl2N2O2S/c1-11(23)12-3-7-15(8-4-12)21-18(25)22-17(24)9-5-13-2-6-14(19)10-16(13)20/h2-10H,1H3,(H2,21,22,24,25)/b9-5+. The summed E-state index contributed by atoms with van der Waals surface area (Å²) in [6.45, 7) is 1.49. The summed E-state index contributed by atoms with van der Waals surface area (Å²) in [7, 11) is 0. The topological polar surface area (TPSA) is 58.2 Å². The molecule has 0 saturated carbocycles. The Bertz CT molecular complexity index is 849. The van der Waals surface area contributed by atoms with Crippen molar-refractivity contribution in [3.63, 3.8) is 0 Å². The second kappa shape index (κ2) is 8.76. The molecule has 0 bridgehead atoms. The van der Waals surface area contributed by atoms with Crippen molar-refractivity contribution in [1.29, 1.82) is 0 Å². The van der Waals surface area contributed by atoms with Crippen molar-refractivity contribution in [3.05, 3.63) is 69.7 Å². The molecule has 0 spiro atoms. The molecular formula is C18H14Cl2N2O2S. The Hall–Kier alpha value is -2.21. The predicted octanol–water partition coefficient (Wildman–Crippen LogP) is 4.72. The molecular weight excluding hydrogens is 379 g/mol. The van der Waals surface area contributed by atoms with Crippen LogP contribution in [0.15, 0.2) is 48.5 Å². The molecule has 0 heterocycles. The van der Waals surface area contributed by atoms with Crippen molar-refractivity contribution in [1.82, 2.24) is 5.32 Å². The van der Waals surface area contributed by atoms with Crippen LogP contribution in [0.25, 0.3) is 6.08 Å². The second-order valence-corrected chi connectivity index (χ2v) is 6.33. The summed E-state index contributed by atoms with van der Waals surface area (Å²) >= 11 is 16.9. The van der Waals surface area contributed by atoms with E-state index in [4.69, 9.17) is 35.4 Å².